The number of aromatic nitrogens is 1. The second-order valence-electron chi connectivity index (χ2n) is 12.8. The molecule has 1 amide bonds. The largest absolute Gasteiger partial charge is 0.489 e. The van der Waals surface area contributed by atoms with Gasteiger partial charge in [0.05, 0.1) is 12.0 Å². The topological polar surface area (TPSA) is 51.4 Å². The first-order valence-electron chi connectivity index (χ1n) is 16.5. The van der Waals surface area contributed by atoms with Gasteiger partial charge in [-0.2, -0.15) is 4.57 Å². The van der Waals surface area contributed by atoms with Crippen LogP contribution in [0.25, 0.3) is 0 Å². The molecule has 3 aromatic rings. The summed E-state index contributed by atoms with van der Waals surface area (Å²) in [7, 11) is 0. The molecular weight excluding hydrogens is 552 g/mol. The highest BCUT2D eigenvalue weighted by atomic mass is 32.1. The number of rotatable bonds is 20. The minimum Gasteiger partial charge on any atom is -0.489 e. The summed E-state index contributed by atoms with van der Waals surface area (Å²) < 4.78 is 14.6. The Hall–Kier alpha value is -2.86. The number of aryl methyl sites for hydroxylation is 1. The zero-order valence-corrected chi connectivity index (χ0v) is 28.2. The smallest absolute Gasteiger partial charge is 0.262 e. The minimum absolute atomic E-state index is 0.0751. The van der Waals surface area contributed by atoms with Gasteiger partial charge in [-0.3, -0.25) is 4.79 Å². The van der Waals surface area contributed by atoms with Crippen molar-refractivity contribution in [2.45, 2.75) is 124 Å². The van der Waals surface area contributed by atoms with Crippen molar-refractivity contribution in [3.63, 3.8) is 0 Å². The predicted octanol–water partition coefficient (Wildman–Crippen LogP) is 9.79. The molecule has 0 radical (unpaired) electrons. The van der Waals surface area contributed by atoms with Gasteiger partial charge in [0.1, 0.15) is 0 Å². The number of benzene rings is 2. The average molecular weight is 608 g/mol. The maximum atomic E-state index is 12.8. The number of carbonyl (C=O) groups is 1. The summed E-state index contributed by atoms with van der Waals surface area (Å²) in [6.07, 6.45) is 15.8. The van der Waals surface area contributed by atoms with E-state index < -0.39 is 0 Å². The highest BCUT2D eigenvalue weighted by Gasteiger charge is 2.22. The third-order valence-electron chi connectivity index (χ3n) is 7.86. The second kappa shape index (κ2) is 18.7. The first-order chi connectivity index (χ1) is 20.8. The standard InChI is InChI=1S/C37H54N2O3S/c1-6-7-8-9-10-11-12-13-14-15-16-17-25-41-36-33(37(3,4)5)19-18-20-34(36)42-27-35(40)38-32-23-21-31(22-24-32)26-39-29-43-28-30(39)2/h18-24,28-29H,6-17,25-27H2,1-5H3/p+1. The summed E-state index contributed by atoms with van der Waals surface area (Å²) in [6.45, 7) is 12.3. The molecule has 3 rings (SSSR count). The van der Waals surface area contributed by atoms with E-state index in [9.17, 15) is 4.79 Å². The van der Waals surface area contributed by atoms with Crippen LogP contribution in [0.1, 0.15) is 122 Å². The van der Waals surface area contributed by atoms with Gasteiger partial charge in [-0.15, -0.1) is 0 Å². The van der Waals surface area contributed by atoms with Crippen LogP contribution in [0.3, 0.4) is 0 Å². The van der Waals surface area contributed by atoms with Gasteiger partial charge in [-0.25, -0.2) is 0 Å². The molecule has 0 saturated carbocycles. The van der Waals surface area contributed by atoms with Crippen LogP contribution in [0.5, 0.6) is 11.5 Å². The fraction of sp³-hybridized carbons (Fsp3) is 0.568. The van der Waals surface area contributed by atoms with Crippen molar-refractivity contribution in [3.05, 3.63) is 70.2 Å². The zero-order chi connectivity index (χ0) is 30.9. The van der Waals surface area contributed by atoms with Gasteiger partial charge in [0.25, 0.3) is 5.91 Å². The van der Waals surface area contributed by atoms with Crippen LogP contribution in [0.4, 0.5) is 5.69 Å². The highest BCUT2D eigenvalue weighted by molar-refractivity contribution is 7.07. The first kappa shape index (κ1) is 34.6. The fourth-order valence-corrected chi connectivity index (χ4v) is 6.01. The SMILES string of the molecule is CCCCCCCCCCCCCCOc1c(OCC(=O)Nc2ccc(C[n+]3cscc3C)cc2)cccc1C(C)(C)C. The number of hydrogen-bond donors (Lipinski definition) is 1. The molecule has 0 fully saturated rings. The van der Waals surface area contributed by atoms with Gasteiger partial charge < -0.3 is 14.8 Å². The van der Waals surface area contributed by atoms with Crippen LogP contribution in [0.15, 0.2) is 53.4 Å². The lowest BCUT2D eigenvalue weighted by Gasteiger charge is -2.24. The van der Waals surface area contributed by atoms with Crippen LogP contribution >= 0.6 is 11.3 Å². The van der Waals surface area contributed by atoms with E-state index in [4.69, 9.17) is 9.47 Å². The number of para-hydroxylation sites is 1. The van der Waals surface area contributed by atoms with E-state index >= 15 is 0 Å². The molecular formula is C37H55N2O3S+. The van der Waals surface area contributed by atoms with E-state index in [0.717, 1.165) is 30.0 Å². The van der Waals surface area contributed by atoms with Crippen molar-refractivity contribution >= 4 is 22.9 Å². The molecule has 6 heteroatoms. The molecule has 43 heavy (non-hydrogen) atoms. The first-order valence-corrected chi connectivity index (χ1v) is 17.4. The Morgan fingerprint density at radius 1 is 0.837 bits per heavy atom. The molecule has 1 N–H and O–H groups in total. The molecule has 0 aliphatic heterocycles. The van der Waals surface area contributed by atoms with Crippen molar-refractivity contribution in [1.82, 2.24) is 0 Å². The average Bonchev–Trinajstić information content (AvgIpc) is 3.39. The molecule has 1 aromatic heterocycles. The van der Waals surface area contributed by atoms with E-state index in [2.05, 4.69) is 73.6 Å². The van der Waals surface area contributed by atoms with Gasteiger partial charge in [-0.1, -0.05) is 134 Å². The summed E-state index contributed by atoms with van der Waals surface area (Å²) in [5, 5.41) is 5.10. The van der Waals surface area contributed by atoms with Crippen molar-refractivity contribution in [3.8, 4) is 11.5 Å². The number of carbonyl (C=O) groups excluding carboxylic acids is 1. The molecule has 0 saturated heterocycles. The molecule has 0 aliphatic carbocycles. The zero-order valence-electron chi connectivity index (χ0n) is 27.4. The maximum absolute atomic E-state index is 12.8. The Bertz CT molecular complexity index is 1210. The van der Waals surface area contributed by atoms with Gasteiger partial charge >= 0.3 is 0 Å². The summed E-state index contributed by atoms with van der Waals surface area (Å²) in [5.41, 5.74) is 6.31. The summed E-state index contributed by atoms with van der Waals surface area (Å²) >= 11 is 1.70. The number of nitrogens with one attached hydrogen (secondary N) is 1. The van der Waals surface area contributed by atoms with Crippen LogP contribution < -0.4 is 19.4 Å². The molecule has 2 aromatic carbocycles. The number of hydrogen-bond acceptors (Lipinski definition) is 4. The number of unbranched alkanes of at least 4 members (excludes halogenated alkanes) is 11. The van der Waals surface area contributed by atoms with Crippen LogP contribution in [0, 0.1) is 6.92 Å². The van der Waals surface area contributed by atoms with E-state index in [-0.39, 0.29) is 17.9 Å². The van der Waals surface area contributed by atoms with Gasteiger partial charge in [-0.05, 0) is 30.0 Å². The van der Waals surface area contributed by atoms with E-state index in [1.807, 2.05) is 24.3 Å². The Labute approximate surface area is 265 Å². The molecule has 0 aliphatic rings. The van der Waals surface area contributed by atoms with Crippen molar-refractivity contribution < 1.29 is 18.8 Å². The van der Waals surface area contributed by atoms with E-state index in [1.165, 1.54) is 81.9 Å². The third kappa shape index (κ3) is 12.7. The number of nitrogens with zero attached hydrogens (tertiary/aromatic N) is 1. The Morgan fingerprint density at radius 2 is 1.47 bits per heavy atom. The predicted molar refractivity (Wildman–Crippen MR) is 181 cm³/mol. The number of amides is 1. The van der Waals surface area contributed by atoms with Crippen LogP contribution in [0.2, 0.25) is 0 Å². The summed E-state index contributed by atoms with van der Waals surface area (Å²) in [4.78, 5) is 12.8. The van der Waals surface area contributed by atoms with Crippen molar-refractivity contribution in [1.29, 1.82) is 0 Å². The molecule has 0 bridgehead atoms. The number of ether oxygens (including phenoxy) is 2. The van der Waals surface area contributed by atoms with Gasteiger partial charge in [0, 0.05) is 23.7 Å². The van der Waals surface area contributed by atoms with Gasteiger partial charge in [0.2, 0.25) is 5.51 Å². The summed E-state index contributed by atoms with van der Waals surface area (Å²) in [6, 6.07) is 14.0. The minimum atomic E-state index is -0.191. The molecule has 0 atom stereocenters. The van der Waals surface area contributed by atoms with E-state index in [0.29, 0.717) is 12.4 Å². The van der Waals surface area contributed by atoms with Crippen LogP contribution in [-0.4, -0.2) is 19.1 Å². The second-order valence-corrected chi connectivity index (χ2v) is 13.5. The van der Waals surface area contributed by atoms with Crippen molar-refractivity contribution in [2.75, 3.05) is 18.5 Å². The quantitative estimate of drug-likeness (QED) is 0.103. The normalized spacial score (nSPS) is 11.5. The molecule has 0 spiro atoms. The Morgan fingerprint density at radius 3 is 2.05 bits per heavy atom. The highest BCUT2D eigenvalue weighted by Crippen LogP contribution is 2.38. The lowest BCUT2D eigenvalue weighted by atomic mass is 9.86. The Balaban J connectivity index is 1.42. The van der Waals surface area contributed by atoms with Gasteiger partial charge in [0.15, 0.2) is 30.3 Å². The fourth-order valence-electron chi connectivity index (χ4n) is 5.23. The summed E-state index contributed by atoms with van der Waals surface area (Å²) in [5.74, 6) is 1.19. The molecule has 5 nitrogen and oxygen atoms in total. The number of anilines is 1. The monoisotopic (exact) mass is 607 g/mol. The van der Waals surface area contributed by atoms with E-state index in [1.54, 1.807) is 11.3 Å². The lowest BCUT2D eigenvalue weighted by molar-refractivity contribution is -0.689. The molecule has 236 valence electrons. The number of thiazole rings is 1. The lowest BCUT2D eigenvalue weighted by Crippen LogP contribution is -2.34. The molecule has 0 unspecified atom stereocenters. The third-order valence-corrected chi connectivity index (χ3v) is 8.71. The maximum Gasteiger partial charge on any atom is 0.262 e. The van der Waals surface area contributed by atoms with Crippen molar-refractivity contribution in [2.24, 2.45) is 0 Å². The Kier molecular flexibility index (Phi) is 15.1. The van der Waals surface area contributed by atoms with Crippen LogP contribution in [-0.2, 0) is 16.8 Å². The molecule has 1 heterocycles.